The van der Waals surface area contributed by atoms with E-state index in [4.69, 9.17) is 17.3 Å². The van der Waals surface area contributed by atoms with Crippen LogP contribution in [-0.4, -0.2) is 56.1 Å². The Bertz CT molecular complexity index is 487. The van der Waals surface area contributed by atoms with Crippen molar-refractivity contribution in [3.63, 3.8) is 0 Å². The Hall–Kier alpha value is -1.30. The molecule has 22 heavy (non-hydrogen) atoms. The molecular formula is C16H25ClN4O. The number of carbonyl (C=O) groups excluding carboxylic acids is 1. The molecule has 2 rings (SSSR count). The zero-order chi connectivity index (χ0) is 15.9. The Labute approximate surface area is 137 Å². The van der Waals surface area contributed by atoms with Gasteiger partial charge in [-0.3, -0.25) is 9.69 Å². The van der Waals surface area contributed by atoms with Crippen molar-refractivity contribution < 1.29 is 4.79 Å². The maximum atomic E-state index is 11.5. The molecule has 1 fully saturated rings. The second-order valence-electron chi connectivity index (χ2n) is 5.84. The summed E-state index contributed by atoms with van der Waals surface area (Å²) >= 11 is 6.04. The number of nitrogens with zero attached hydrogens (tertiary/aromatic N) is 2. The summed E-state index contributed by atoms with van der Waals surface area (Å²) in [7, 11) is 0. The Morgan fingerprint density at radius 2 is 2.09 bits per heavy atom. The van der Waals surface area contributed by atoms with Gasteiger partial charge in [0, 0.05) is 62.4 Å². The van der Waals surface area contributed by atoms with E-state index in [2.05, 4.69) is 21.2 Å². The third-order valence-electron chi connectivity index (χ3n) is 3.80. The van der Waals surface area contributed by atoms with E-state index in [1.54, 1.807) is 0 Å². The van der Waals surface area contributed by atoms with Gasteiger partial charge in [-0.05, 0) is 25.1 Å². The van der Waals surface area contributed by atoms with Crippen molar-refractivity contribution in [2.24, 2.45) is 5.73 Å². The Kier molecular flexibility index (Phi) is 6.49. The molecule has 5 nitrogen and oxygen atoms in total. The molecule has 0 saturated carbocycles. The van der Waals surface area contributed by atoms with Crippen molar-refractivity contribution in [3.8, 4) is 0 Å². The van der Waals surface area contributed by atoms with Gasteiger partial charge in [0.25, 0.3) is 0 Å². The van der Waals surface area contributed by atoms with E-state index in [9.17, 15) is 4.79 Å². The van der Waals surface area contributed by atoms with Gasteiger partial charge >= 0.3 is 0 Å². The molecule has 1 unspecified atom stereocenters. The largest absolute Gasteiger partial charge is 0.369 e. The van der Waals surface area contributed by atoms with E-state index in [1.165, 1.54) is 5.69 Å². The molecule has 1 aromatic carbocycles. The lowest BCUT2D eigenvalue weighted by Crippen LogP contribution is -2.48. The summed E-state index contributed by atoms with van der Waals surface area (Å²) in [6, 6.07) is 7.90. The summed E-state index contributed by atoms with van der Waals surface area (Å²) in [6.07, 6.45) is 0.391. The van der Waals surface area contributed by atoms with E-state index in [1.807, 2.05) is 25.1 Å². The highest BCUT2D eigenvalue weighted by molar-refractivity contribution is 6.30. The van der Waals surface area contributed by atoms with Crippen LogP contribution < -0.4 is 16.0 Å². The second-order valence-corrected chi connectivity index (χ2v) is 6.28. The lowest BCUT2D eigenvalue weighted by molar-refractivity contribution is -0.121. The first-order chi connectivity index (χ1) is 10.5. The fraction of sp³-hybridized carbons (Fsp3) is 0.562. The number of piperazine rings is 1. The van der Waals surface area contributed by atoms with Crippen LogP contribution in [-0.2, 0) is 4.79 Å². The van der Waals surface area contributed by atoms with Gasteiger partial charge in [-0.1, -0.05) is 17.7 Å². The number of hydrogen-bond acceptors (Lipinski definition) is 4. The van der Waals surface area contributed by atoms with Crippen molar-refractivity contribution in [1.29, 1.82) is 0 Å². The first-order valence-electron chi connectivity index (χ1n) is 7.80. The minimum Gasteiger partial charge on any atom is -0.369 e. The molecule has 1 aliphatic rings. The van der Waals surface area contributed by atoms with Crippen molar-refractivity contribution in [2.45, 2.75) is 19.4 Å². The number of hydrogen-bond donors (Lipinski definition) is 2. The summed E-state index contributed by atoms with van der Waals surface area (Å²) < 4.78 is 0. The van der Waals surface area contributed by atoms with Gasteiger partial charge in [0.1, 0.15) is 0 Å². The third kappa shape index (κ3) is 5.48. The lowest BCUT2D eigenvalue weighted by Gasteiger charge is -2.36. The van der Waals surface area contributed by atoms with Crippen LogP contribution in [0.5, 0.6) is 0 Å². The monoisotopic (exact) mass is 324 g/mol. The van der Waals surface area contributed by atoms with Gasteiger partial charge in [0.05, 0.1) is 0 Å². The first-order valence-corrected chi connectivity index (χ1v) is 8.17. The normalized spacial score (nSPS) is 17.3. The van der Waals surface area contributed by atoms with Gasteiger partial charge in [-0.15, -0.1) is 0 Å². The highest BCUT2D eigenvalue weighted by Crippen LogP contribution is 2.20. The SMILES string of the molecule is CC(N)CC(=O)NCCN1CCN(c2cccc(Cl)c2)CC1. The number of nitrogens with two attached hydrogens (primary N) is 1. The van der Waals surface area contributed by atoms with Crippen molar-refractivity contribution in [3.05, 3.63) is 29.3 Å². The van der Waals surface area contributed by atoms with Gasteiger partial charge in [-0.25, -0.2) is 0 Å². The molecule has 0 bridgehead atoms. The van der Waals surface area contributed by atoms with Crippen LogP contribution in [0.15, 0.2) is 24.3 Å². The molecule has 1 heterocycles. The predicted octanol–water partition coefficient (Wildman–Crippen LogP) is 1.32. The highest BCUT2D eigenvalue weighted by Gasteiger charge is 2.17. The smallest absolute Gasteiger partial charge is 0.221 e. The van der Waals surface area contributed by atoms with Crippen molar-refractivity contribution >= 4 is 23.2 Å². The Balaban J connectivity index is 1.68. The van der Waals surface area contributed by atoms with Crippen LogP contribution in [0.25, 0.3) is 0 Å². The molecule has 3 N–H and O–H groups in total. The van der Waals surface area contributed by atoms with Crippen LogP contribution in [0.4, 0.5) is 5.69 Å². The standard InChI is InChI=1S/C16H25ClN4O/c1-13(18)11-16(22)19-5-6-20-7-9-21(10-8-20)15-4-2-3-14(17)12-15/h2-4,12-13H,5-11,18H2,1H3,(H,19,22). The molecule has 1 aliphatic heterocycles. The van der Waals surface area contributed by atoms with Crippen LogP contribution >= 0.6 is 11.6 Å². The van der Waals surface area contributed by atoms with E-state index >= 15 is 0 Å². The van der Waals surface area contributed by atoms with Crippen molar-refractivity contribution in [1.82, 2.24) is 10.2 Å². The number of carbonyl (C=O) groups is 1. The fourth-order valence-electron chi connectivity index (χ4n) is 2.62. The molecule has 1 atom stereocenters. The lowest BCUT2D eigenvalue weighted by atomic mass is 10.2. The molecule has 1 amide bonds. The molecule has 6 heteroatoms. The molecule has 1 aromatic rings. The van der Waals surface area contributed by atoms with Crippen molar-refractivity contribution in [2.75, 3.05) is 44.2 Å². The number of amides is 1. The van der Waals surface area contributed by atoms with Crippen LogP contribution in [0.3, 0.4) is 0 Å². The number of nitrogens with one attached hydrogen (secondary N) is 1. The van der Waals surface area contributed by atoms with Gasteiger partial charge < -0.3 is 16.0 Å². The quantitative estimate of drug-likeness (QED) is 0.828. The molecule has 0 aromatic heterocycles. The van der Waals surface area contributed by atoms with Gasteiger partial charge in [-0.2, -0.15) is 0 Å². The molecule has 0 aliphatic carbocycles. The fourth-order valence-corrected chi connectivity index (χ4v) is 2.81. The molecule has 122 valence electrons. The summed E-state index contributed by atoms with van der Waals surface area (Å²) in [5.41, 5.74) is 6.78. The zero-order valence-electron chi connectivity index (χ0n) is 13.1. The van der Waals surface area contributed by atoms with E-state index in [0.29, 0.717) is 13.0 Å². The number of rotatable bonds is 6. The maximum absolute atomic E-state index is 11.5. The van der Waals surface area contributed by atoms with E-state index in [0.717, 1.165) is 37.7 Å². The minimum absolute atomic E-state index is 0.0348. The van der Waals surface area contributed by atoms with Crippen LogP contribution in [0.1, 0.15) is 13.3 Å². The highest BCUT2D eigenvalue weighted by atomic mass is 35.5. The zero-order valence-corrected chi connectivity index (χ0v) is 13.9. The molecular weight excluding hydrogens is 300 g/mol. The number of benzene rings is 1. The molecule has 0 radical (unpaired) electrons. The maximum Gasteiger partial charge on any atom is 0.221 e. The van der Waals surface area contributed by atoms with Crippen LogP contribution in [0.2, 0.25) is 5.02 Å². The average Bonchev–Trinajstić information content (AvgIpc) is 2.47. The first kappa shape index (κ1) is 17.1. The number of halogens is 1. The third-order valence-corrected chi connectivity index (χ3v) is 4.04. The predicted molar refractivity (Wildman–Crippen MR) is 91.4 cm³/mol. The molecule has 1 saturated heterocycles. The summed E-state index contributed by atoms with van der Waals surface area (Å²) in [5, 5.41) is 3.69. The Morgan fingerprint density at radius 1 is 1.36 bits per heavy atom. The topological polar surface area (TPSA) is 61.6 Å². The van der Waals surface area contributed by atoms with Gasteiger partial charge in [0.2, 0.25) is 5.91 Å². The summed E-state index contributed by atoms with van der Waals surface area (Å²) in [4.78, 5) is 16.2. The summed E-state index contributed by atoms with van der Waals surface area (Å²) in [6.45, 7) is 7.36. The van der Waals surface area contributed by atoms with E-state index < -0.39 is 0 Å². The average molecular weight is 325 g/mol. The van der Waals surface area contributed by atoms with Crippen LogP contribution in [0, 0.1) is 0 Å². The summed E-state index contributed by atoms with van der Waals surface area (Å²) in [5.74, 6) is 0.0348. The number of anilines is 1. The van der Waals surface area contributed by atoms with E-state index in [-0.39, 0.29) is 11.9 Å². The Morgan fingerprint density at radius 3 is 2.73 bits per heavy atom. The van der Waals surface area contributed by atoms with Gasteiger partial charge in [0.15, 0.2) is 0 Å². The minimum atomic E-state index is -0.0822. The second kappa shape index (κ2) is 8.36. The molecule has 0 spiro atoms.